The fourth-order valence-corrected chi connectivity index (χ4v) is 1.28. The molecule has 0 heterocycles. The first-order valence-electron chi connectivity index (χ1n) is 4.33. The largest absolute Gasteiger partial charge is 0.478 e. The average Bonchev–Trinajstić information content (AvgIpc) is 2.15. The van der Waals surface area contributed by atoms with E-state index in [1.165, 1.54) is 11.0 Å². The summed E-state index contributed by atoms with van der Waals surface area (Å²) in [6, 6.07) is 2.24. The number of nitro groups is 1. The zero-order chi connectivity index (χ0) is 12.5. The number of benzene rings is 1. The summed E-state index contributed by atoms with van der Waals surface area (Å²) in [6.07, 6.45) is 0. The predicted octanol–water partition coefficient (Wildman–Crippen LogP) is 0.941. The molecule has 0 aliphatic heterocycles. The Morgan fingerprint density at radius 1 is 1.50 bits per heavy atom. The van der Waals surface area contributed by atoms with Gasteiger partial charge in [-0.15, -0.1) is 0 Å². The minimum atomic E-state index is -1.29. The molecule has 0 spiro atoms. The number of carbonyl (C=O) groups is 1. The Bertz CT molecular complexity index is 456. The summed E-state index contributed by atoms with van der Waals surface area (Å²) < 4.78 is 0. The van der Waals surface area contributed by atoms with Crippen molar-refractivity contribution in [3.8, 4) is 0 Å². The minimum absolute atomic E-state index is 0.00167. The molecule has 0 radical (unpaired) electrons. The maximum absolute atomic E-state index is 10.8. The third kappa shape index (κ3) is 2.02. The maximum Gasteiger partial charge on any atom is 0.338 e. The number of carboxylic acids is 1. The van der Waals surface area contributed by atoms with Gasteiger partial charge in [-0.3, -0.25) is 10.1 Å². The van der Waals surface area contributed by atoms with Crippen LogP contribution in [0.4, 0.5) is 17.1 Å². The highest BCUT2D eigenvalue weighted by Crippen LogP contribution is 2.31. The first-order valence-corrected chi connectivity index (χ1v) is 4.33. The van der Waals surface area contributed by atoms with Crippen LogP contribution in [0.3, 0.4) is 0 Å². The average molecular weight is 225 g/mol. The van der Waals surface area contributed by atoms with Gasteiger partial charge >= 0.3 is 5.97 Å². The molecule has 0 aromatic heterocycles. The lowest BCUT2D eigenvalue weighted by atomic mass is 10.1. The highest BCUT2D eigenvalue weighted by Gasteiger charge is 2.21. The zero-order valence-electron chi connectivity index (χ0n) is 8.80. The fraction of sp³-hybridized carbons (Fsp3) is 0.222. The van der Waals surface area contributed by atoms with Crippen LogP contribution in [0.2, 0.25) is 0 Å². The summed E-state index contributed by atoms with van der Waals surface area (Å²) >= 11 is 0. The molecule has 0 fully saturated rings. The third-order valence-corrected chi connectivity index (χ3v) is 2.06. The lowest BCUT2D eigenvalue weighted by Gasteiger charge is -2.14. The van der Waals surface area contributed by atoms with Crippen molar-refractivity contribution < 1.29 is 14.8 Å². The van der Waals surface area contributed by atoms with Gasteiger partial charge in [0.15, 0.2) is 0 Å². The third-order valence-electron chi connectivity index (χ3n) is 2.06. The molecule has 7 nitrogen and oxygen atoms in total. The van der Waals surface area contributed by atoms with Gasteiger partial charge in [-0.2, -0.15) is 0 Å². The van der Waals surface area contributed by atoms with Gasteiger partial charge in [0.25, 0.3) is 5.69 Å². The van der Waals surface area contributed by atoms with Crippen molar-refractivity contribution in [2.45, 2.75) is 0 Å². The molecule has 0 atom stereocenters. The molecule has 0 saturated carbocycles. The van der Waals surface area contributed by atoms with Crippen molar-refractivity contribution in [2.24, 2.45) is 0 Å². The first-order chi connectivity index (χ1) is 7.34. The molecule has 1 rings (SSSR count). The van der Waals surface area contributed by atoms with Gasteiger partial charge in [0.05, 0.1) is 10.5 Å². The topological polar surface area (TPSA) is 110 Å². The molecule has 0 amide bonds. The molecule has 3 N–H and O–H groups in total. The number of nitrogens with zero attached hydrogens (tertiary/aromatic N) is 2. The first kappa shape index (κ1) is 11.8. The van der Waals surface area contributed by atoms with E-state index in [1.54, 1.807) is 14.1 Å². The molecule has 0 unspecified atom stereocenters. The Labute approximate surface area is 91.2 Å². The van der Waals surface area contributed by atoms with Crippen LogP contribution in [0.15, 0.2) is 12.1 Å². The second kappa shape index (κ2) is 4.05. The molecular formula is C9H11N3O4. The highest BCUT2D eigenvalue weighted by atomic mass is 16.6. The van der Waals surface area contributed by atoms with Crippen molar-refractivity contribution in [1.29, 1.82) is 0 Å². The van der Waals surface area contributed by atoms with Crippen LogP contribution in [0.5, 0.6) is 0 Å². The predicted molar refractivity (Wildman–Crippen MR) is 58.8 cm³/mol. The smallest absolute Gasteiger partial charge is 0.338 e. The number of nitrogens with two attached hydrogens (primary N) is 1. The van der Waals surface area contributed by atoms with Crippen LogP contribution in [0.1, 0.15) is 10.4 Å². The number of carboxylic acid groups (broad SMARTS) is 1. The Kier molecular flexibility index (Phi) is 2.98. The van der Waals surface area contributed by atoms with E-state index in [2.05, 4.69) is 0 Å². The number of nitrogen functional groups attached to an aromatic ring is 1. The van der Waals surface area contributed by atoms with Gasteiger partial charge in [0.2, 0.25) is 0 Å². The van der Waals surface area contributed by atoms with E-state index in [0.717, 1.165) is 6.07 Å². The molecule has 16 heavy (non-hydrogen) atoms. The van der Waals surface area contributed by atoms with Crippen LogP contribution < -0.4 is 10.6 Å². The van der Waals surface area contributed by atoms with Crippen LogP contribution in [-0.2, 0) is 0 Å². The number of hydrogen-bond acceptors (Lipinski definition) is 5. The molecule has 0 saturated heterocycles. The quantitative estimate of drug-likeness (QED) is 0.450. The van der Waals surface area contributed by atoms with E-state index < -0.39 is 10.9 Å². The molecule has 7 heteroatoms. The second-order valence-electron chi connectivity index (χ2n) is 3.38. The van der Waals surface area contributed by atoms with Crippen LogP contribution in [0.25, 0.3) is 0 Å². The highest BCUT2D eigenvalue weighted by molar-refractivity contribution is 5.96. The molecule has 1 aromatic rings. The van der Waals surface area contributed by atoms with Crippen LogP contribution >= 0.6 is 0 Å². The van der Waals surface area contributed by atoms with Crippen molar-refractivity contribution in [2.75, 3.05) is 24.7 Å². The summed E-state index contributed by atoms with van der Waals surface area (Å²) in [6.45, 7) is 0. The number of nitro benzene ring substituents is 1. The van der Waals surface area contributed by atoms with Crippen molar-refractivity contribution >= 4 is 23.0 Å². The van der Waals surface area contributed by atoms with E-state index >= 15 is 0 Å². The summed E-state index contributed by atoms with van der Waals surface area (Å²) in [5.41, 5.74) is 5.22. The Hall–Kier alpha value is -2.31. The number of hydrogen-bond donors (Lipinski definition) is 2. The molecule has 0 aliphatic rings. The number of anilines is 2. The van der Waals surface area contributed by atoms with E-state index in [4.69, 9.17) is 10.8 Å². The molecular weight excluding hydrogens is 214 g/mol. The lowest BCUT2D eigenvalue weighted by Crippen LogP contribution is -2.13. The monoisotopic (exact) mass is 225 g/mol. The normalized spacial score (nSPS) is 9.88. The number of aromatic carboxylic acids is 1. The maximum atomic E-state index is 10.8. The Morgan fingerprint density at radius 3 is 2.44 bits per heavy atom. The molecule has 0 bridgehead atoms. The van der Waals surface area contributed by atoms with Gasteiger partial charge in [-0.05, 0) is 6.07 Å². The Balaban J connectivity index is 3.49. The van der Waals surface area contributed by atoms with Gasteiger partial charge < -0.3 is 15.7 Å². The minimum Gasteiger partial charge on any atom is -0.478 e. The summed E-state index contributed by atoms with van der Waals surface area (Å²) in [7, 11) is 3.23. The number of rotatable bonds is 3. The van der Waals surface area contributed by atoms with E-state index in [9.17, 15) is 14.9 Å². The van der Waals surface area contributed by atoms with Crippen molar-refractivity contribution in [1.82, 2.24) is 0 Å². The van der Waals surface area contributed by atoms with Gasteiger partial charge in [-0.1, -0.05) is 0 Å². The Morgan fingerprint density at radius 2 is 2.06 bits per heavy atom. The molecule has 0 aliphatic carbocycles. The van der Waals surface area contributed by atoms with Crippen molar-refractivity contribution in [3.63, 3.8) is 0 Å². The zero-order valence-corrected chi connectivity index (χ0v) is 8.80. The second-order valence-corrected chi connectivity index (χ2v) is 3.38. The SMILES string of the molecule is CN(C)c1cc(N)c(C(=O)O)cc1[N+](=O)[O-]. The van der Waals surface area contributed by atoms with Crippen LogP contribution in [-0.4, -0.2) is 30.1 Å². The fourth-order valence-electron chi connectivity index (χ4n) is 1.28. The van der Waals surface area contributed by atoms with Crippen molar-refractivity contribution in [3.05, 3.63) is 27.8 Å². The molecule has 1 aromatic carbocycles. The van der Waals surface area contributed by atoms with Gasteiger partial charge in [0, 0.05) is 25.8 Å². The van der Waals surface area contributed by atoms with Gasteiger partial charge in [-0.25, -0.2) is 4.79 Å². The van der Waals surface area contributed by atoms with E-state index in [1.807, 2.05) is 0 Å². The van der Waals surface area contributed by atoms with Gasteiger partial charge in [0.1, 0.15) is 5.69 Å². The molecule has 86 valence electrons. The lowest BCUT2D eigenvalue weighted by molar-refractivity contribution is -0.384. The standard InChI is InChI=1S/C9H11N3O4/c1-11(2)7-4-6(10)5(9(13)14)3-8(7)12(15)16/h3-4H,10H2,1-2H3,(H,13,14). The summed E-state index contributed by atoms with van der Waals surface area (Å²) in [4.78, 5) is 22.4. The van der Waals surface area contributed by atoms with Crippen LogP contribution in [0, 0.1) is 10.1 Å². The summed E-state index contributed by atoms with van der Waals surface area (Å²) in [5, 5.41) is 19.5. The van der Waals surface area contributed by atoms with E-state index in [-0.39, 0.29) is 22.6 Å². The van der Waals surface area contributed by atoms with E-state index in [0.29, 0.717) is 0 Å². The summed E-state index contributed by atoms with van der Waals surface area (Å²) in [5.74, 6) is -1.29.